The first-order valence-corrected chi connectivity index (χ1v) is 5.98. The molecule has 1 amide bonds. The molecule has 100 valence electrons. The summed E-state index contributed by atoms with van der Waals surface area (Å²) in [6.45, 7) is 10.9. The van der Waals surface area contributed by atoms with E-state index in [9.17, 15) is 4.79 Å². The van der Waals surface area contributed by atoms with Gasteiger partial charge in [0.15, 0.2) is 0 Å². The molecule has 2 N–H and O–H groups in total. The fourth-order valence-electron chi connectivity index (χ4n) is 1.68. The molecule has 0 aromatic heterocycles. The molecule has 1 fully saturated rings. The van der Waals surface area contributed by atoms with Crippen LogP contribution in [0.4, 0.5) is 4.79 Å². The third-order valence-electron chi connectivity index (χ3n) is 2.67. The maximum Gasteiger partial charge on any atom is 0.410 e. The smallest absolute Gasteiger partial charge is 0.410 e. The van der Waals surface area contributed by atoms with Gasteiger partial charge in [0, 0.05) is 6.54 Å². The van der Waals surface area contributed by atoms with Crippen LogP contribution >= 0.6 is 0 Å². The van der Waals surface area contributed by atoms with Crippen LogP contribution in [0.25, 0.3) is 0 Å². The maximum atomic E-state index is 12.1. The second kappa shape index (κ2) is 4.82. The lowest BCUT2D eigenvalue weighted by molar-refractivity contribution is -0.0951. The predicted molar refractivity (Wildman–Crippen MR) is 65.8 cm³/mol. The molecule has 0 aliphatic carbocycles. The zero-order valence-corrected chi connectivity index (χ0v) is 11.4. The Balaban J connectivity index is 2.74. The number of amides is 1. The van der Waals surface area contributed by atoms with E-state index in [0.29, 0.717) is 19.7 Å². The van der Waals surface area contributed by atoms with E-state index in [1.165, 1.54) is 0 Å². The zero-order valence-electron chi connectivity index (χ0n) is 11.4. The van der Waals surface area contributed by atoms with Crippen molar-refractivity contribution in [2.75, 3.05) is 19.7 Å². The Bertz CT molecular complexity index is 284. The third-order valence-corrected chi connectivity index (χ3v) is 2.67. The monoisotopic (exact) mass is 244 g/mol. The largest absolute Gasteiger partial charge is 0.444 e. The molecule has 1 atom stereocenters. The van der Waals surface area contributed by atoms with Gasteiger partial charge in [-0.1, -0.05) is 0 Å². The van der Waals surface area contributed by atoms with E-state index in [4.69, 9.17) is 15.2 Å². The minimum atomic E-state index is -0.482. The number of ether oxygens (including phenoxy) is 2. The molecule has 5 nitrogen and oxygen atoms in total. The molecule has 0 radical (unpaired) electrons. The Kier molecular flexibility index (Phi) is 4.04. The van der Waals surface area contributed by atoms with E-state index in [1.54, 1.807) is 4.90 Å². The van der Waals surface area contributed by atoms with Crippen molar-refractivity contribution in [1.82, 2.24) is 4.90 Å². The molecule has 0 aromatic carbocycles. The van der Waals surface area contributed by atoms with Crippen molar-refractivity contribution in [1.29, 1.82) is 0 Å². The second-order valence-corrected chi connectivity index (χ2v) is 6.07. The summed E-state index contributed by atoms with van der Waals surface area (Å²) in [5.41, 5.74) is 4.74. The highest BCUT2D eigenvalue weighted by molar-refractivity contribution is 5.69. The highest BCUT2D eigenvalue weighted by atomic mass is 16.6. The number of hydrogen-bond acceptors (Lipinski definition) is 4. The first kappa shape index (κ1) is 14.3. The Morgan fingerprint density at radius 3 is 2.59 bits per heavy atom. The molecule has 0 spiro atoms. The van der Waals surface area contributed by atoms with Gasteiger partial charge in [0.1, 0.15) is 5.60 Å². The highest BCUT2D eigenvalue weighted by Gasteiger charge is 2.39. The topological polar surface area (TPSA) is 64.8 Å². The maximum absolute atomic E-state index is 12.1. The van der Waals surface area contributed by atoms with E-state index in [2.05, 4.69) is 0 Å². The van der Waals surface area contributed by atoms with Crippen molar-refractivity contribution in [3.8, 4) is 0 Å². The number of carbonyl (C=O) groups is 1. The van der Waals surface area contributed by atoms with Crippen molar-refractivity contribution in [3.05, 3.63) is 0 Å². The van der Waals surface area contributed by atoms with Crippen molar-refractivity contribution in [2.24, 2.45) is 5.73 Å². The third kappa shape index (κ3) is 3.85. The number of carbonyl (C=O) groups excluding carboxylic acids is 1. The lowest BCUT2D eigenvalue weighted by Crippen LogP contribution is -2.60. The molecule has 1 heterocycles. The molecule has 1 aliphatic heterocycles. The van der Waals surface area contributed by atoms with Gasteiger partial charge in [-0.3, -0.25) is 4.90 Å². The summed E-state index contributed by atoms with van der Waals surface area (Å²) in [6.07, 6.45) is -0.403. The van der Waals surface area contributed by atoms with Crippen LogP contribution in [-0.2, 0) is 9.47 Å². The van der Waals surface area contributed by atoms with Gasteiger partial charge in [-0.15, -0.1) is 0 Å². The molecule has 1 unspecified atom stereocenters. The molecular weight excluding hydrogens is 220 g/mol. The summed E-state index contributed by atoms with van der Waals surface area (Å²) in [4.78, 5) is 13.8. The van der Waals surface area contributed by atoms with Crippen molar-refractivity contribution in [2.45, 2.75) is 51.9 Å². The van der Waals surface area contributed by atoms with Crippen LogP contribution in [0.15, 0.2) is 0 Å². The van der Waals surface area contributed by atoms with Gasteiger partial charge in [0.2, 0.25) is 0 Å². The molecule has 0 aromatic rings. The summed E-state index contributed by atoms with van der Waals surface area (Å²) in [5, 5.41) is 0. The first-order chi connectivity index (χ1) is 7.65. The summed E-state index contributed by atoms with van der Waals surface area (Å²) < 4.78 is 11.0. The number of nitrogens with two attached hydrogens (primary N) is 1. The van der Waals surface area contributed by atoms with Gasteiger partial charge in [-0.05, 0) is 34.6 Å². The van der Waals surface area contributed by atoms with Gasteiger partial charge in [0.05, 0.1) is 24.8 Å². The standard InChI is InChI=1S/C12H24N2O3/c1-11(2,3)17-10(15)14-7-9(6-13)16-8-12(14,4)5/h9H,6-8,13H2,1-5H3. The van der Waals surface area contributed by atoms with Gasteiger partial charge in [-0.2, -0.15) is 0 Å². The first-order valence-electron chi connectivity index (χ1n) is 5.98. The fraction of sp³-hybridized carbons (Fsp3) is 0.917. The Hall–Kier alpha value is -0.810. The Labute approximate surface area is 103 Å². The normalized spacial score (nSPS) is 24.6. The summed E-state index contributed by atoms with van der Waals surface area (Å²) in [6, 6.07) is 0. The number of hydrogen-bond donors (Lipinski definition) is 1. The summed E-state index contributed by atoms with van der Waals surface area (Å²) >= 11 is 0. The molecule has 1 aliphatic rings. The fourth-order valence-corrected chi connectivity index (χ4v) is 1.68. The molecule has 0 bridgehead atoms. The van der Waals surface area contributed by atoms with Crippen LogP contribution in [0.3, 0.4) is 0 Å². The molecule has 17 heavy (non-hydrogen) atoms. The molecular formula is C12H24N2O3. The molecule has 1 saturated heterocycles. The molecule has 0 saturated carbocycles. The van der Waals surface area contributed by atoms with Crippen LogP contribution in [0.2, 0.25) is 0 Å². The summed E-state index contributed by atoms with van der Waals surface area (Å²) in [5.74, 6) is 0. The SMILES string of the molecule is CC(C)(C)OC(=O)N1CC(CN)OCC1(C)C. The lowest BCUT2D eigenvalue weighted by atomic mass is 10.0. The minimum Gasteiger partial charge on any atom is -0.444 e. The Morgan fingerprint density at radius 1 is 1.53 bits per heavy atom. The van der Waals surface area contributed by atoms with Crippen molar-refractivity contribution in [3.63, 3.8) is 0 Å². The average molecular weight is 244 g/mol. The van der Waals surface area contributed by atoms with Crippen molar-refractivity contribution >= 4 is 6.09 Å². The van der Waals surface area contributed by atoms with E-state index in [0.717, 1.165) is 0 Å². The van der Waals surface area contributed by atoms with E-state index < -0.39 is 5.60 Å². The van der Waals surface area contributed by atoms with Crippen LogP contribution in [-0.4, -0.2) is 47.9 Å². The number of nitrogens with zero attached hydrogens (tertiary/aromatic N) is 1. The minimum absolute atomic E-state index is 0.101. The predicted octanol–water partition coefficient (Wildman–Crippen LogP) is 1.36. The van der Waals surface area contributed by atoms with Gasteiger partial charge >= 0.3 is 6.09 Å². The average Bonchev–Trinajstić information content (AvgIpc) is 2.14. The number of morpholine rings is 1. The van der Waals surface area contributed by atoms with E-state index in [1.807, 2.05) is 34.6 Å². The van der Waals surface area contributed by atoms with Crippen LogP contribution in [0, 0.1) is 0 Å². The summed E-state index contributed by atoms with van der Waals surface area (Å²) in [7, 11) is 0. The van der Waals surface area contributed by atoms with Gasteiger partial charge < -0.3 is 15.2 Å². The van der Waals surface area contributed by atoms with E-state index >= 15 is 0 Å². The Morgan fingerprint density at radius 2 is 2.12 bits per heavy atom. The van der Waals surface area contributed by atoms with Gasteiger partial charge in [0.25, 0.3) is 0 Å². The highest BCUT2D eigenvalue weighted by Crippen LogP contribution is 2.24. The lowest BCUT2D eigenvalue weighted by Gasteiger charge is -2.45. The molecule has 1 rings (SSSR count). The zero-order chi connectivity index (χ0) is 13.3. The van der Waals surface area contributed by atoms with Crippen molar-refractivity contribution < 1.29 is 14.3 Å². The van der Waals surface area contributed by atoms with E-state index in [-0.39, 0.29) is 17.7 Å². The quantitative estimate of drug-likeness (QED) is 0.756. The van der Waals surface area contributed by atoms with Crippen LogP contribution in [0.1, 0.15) is 34.6 Å². The van der Waals surface area contributed by atoms with Crippen LogP contribution in [0.5, 0.6) is 0 Å². The number of rotatable bonds is 1. The molecule has 5 heteroatoms. The second-order valence-electron chi connectivity index (χ2n) is 6.07. The van der Waals surface area contributed by atoms with Gasteiger partial charge in [-0.25, -0.2) is 4.79 Å². The van der Waals surface area contributed by atoms with Crippen LogP contribution < -0.4 is 5.73 Å².